The Kier molecular flexibility index (Phi) is 12.7. The Morgan fingerprint density at radius 2 is 1.39 bits per heavy atom. The lowest BCUT2D eigenvalue weighted by atomic mass is 10.0. The topological polar surface area (TPSA) is 86.8 Å². The van der Waals surface area contributed by atoms with Crippen LogP contribution >= 0.6 is 23.2 Å². The molecule has 0 saturated heterocycles. The van der Waals surface area contributed by atoms with Crippen molar-refractivity contribution in [1.82, 2.24) is 10.2 Å². The summed E-state index contributed by atoms with van der Waals surface area (Å²) in [5.74, 6) is -0.930. The minimum absolute atomic E-state index is 0.0428. The highest BCUT2D eigenvalue weighted by atomic mass is 35.5. The van der Waals surface area contributed by atoms with E-state index in [2.05, 4.69) is 5.32 Å². The number of benzene rings is 4. The Hall–Kier alpha value is -3.85. The summed E-state index contributed by atoms with van der Waals surface area (Å²) >= 11 is 13.2. The summed E-state index contributed by atoms with van der Waals surface area (Å²) in [5, 5.41) is 3.64. The first-order chi connectivity index (χ1) is 22.1. The summed E-state index contributed by atoms with van der Waals surface area (Å²) < 4.78 is 29.3. The van der Waals surface area contributed by atoms with Crippen molar-refractivity contribution >= 4 is 50.7 Å². The molecule has 1 N–H and O–H groups in total. The van der Waals surface area contributed by atoms with Crippen molar-refractivity contribution in [3.63, 3.8) is 0 Å². The zero-order chi connectivity index (χ0) is 33.1. The summed E-state index contributed by atoms with van der Waals surface area (Å²) in [6.45, 7) is 3.81. The monoisotopic (exact) mass is 679 g/mol. The molecule has 7 nitrogen and oxygen atoms in total. The number of aryl methyl sites for hydroxylation is 1. The molecule has 0 bridgehead atoms. The van der Waals surface area contributed by atoms with Crippen molar-refractivity contribution in [3.05, 3.63) is 130 Å². The third-order valence-corrected chi connectivity index (χ3v) is 10.2. The fraction of sp³-hybridized carbons (Fsp3) is 0.278. The second-order valence-electron chi connectivity index (χ2n) is 10.9. The number of unbranched alkanes of at least 4 members (excludes halogenated alkanes) is 1. The molecule has 46 heavy (non-hydrogen) atoms. The molecule has 1 atom stereocenters. The van der Waals surface area contributed by atoms with Crippen LogP contribution in [-0.2, 0) is 39.0 Å². The molecule has 0 fully saturated rings. The predicted molar refractivity (Wildman–Crippen MR) is 186 cm³/mol. The van der Waals surface area contributed by atoms with Crippen LogP contribution < -0.4 is 9.62 Å². The SMILES string of the molecule is CCCCNC(=O)[C@@H](Cc1ccccc1)N(Cc1c(Cl)cccc1Cl)C(=O)CN(c1ccc(CC)cc1)S(=O)(=O)c1ccccc1. The van der Waals surface area contributed by atoms with Crippen LogP contribution in [0.4, 0.5) is 5.69 Å². The molecule has 4 rings (SSSR count). The number of carbonyl (C=O) groups excluding carboxylic acids is 2. The van der Waals surface area contributed by atoms with Crippen molar-refractivity contribution in [1.29, 1.82) is 0 Å². The molecule has 0 unspecified atom stereocenters. The molecule has 0 heterocycles. The maximum absolute atomic E-state index is 14.6. The number of sulfonamides is 1. The van der Waals surface area contributed by atoms with Crippen molar-refractivity contribution in [2.75, 3.05) is 17.4 Å². The standard InChI is InChI=1S/C36H39Cl2N3O4S/c1-3-5-23-39-36(43)34(24-28-13-8-6-9-14-28)40(25-31-32(37)17-12-18-33(31)38)35(42)26-41(29-21-19-27(4-2)20-22-29)46(44,45)30-15-10-7-11-16-30/h6-22,34H,3-5,23-26H2,1-2H3,(H,39,43)/t34-/m1/s1. The molecule has 0 aliphatic rings. The van der Waals surface area contributed by atoms with Gasteiger partial charge in [0.2, 0.25) is 11.8 Å². The fourth-order valence-corrected chi connectivity index (χ4v) is 7.01. The summed E-state index contributed by atoms with van der Waals surface area (Å²) in [7, 11) is -4.18. The van der Waals surface area contributed by atoms with Crippen LogP contribution in [0.15, 0.2) is 108 Å². The predicted octanol–water partition coefficient (Wildman–Crippen LogP) is 7.31. The van der Waals surface area contributed by atoms with Crippen molar-refractivity contribution < 1.29 is 18.0 Å². The van der Waals surface area contributed by atoms with E-state index in [0.29, 0.717) is 27.8 Å². The maximum Gasteiger partial charge on any atom is 0.264 e. The van der Waals surface area contributed by atoms with Crippen molar-refractivity contribution in [2.24, 2.45) is 0 Å². The molecule has 4 aromatic carbocycles. The normalized spacial score (nSPS) is 11.9. The first-order valence-electron chi connectivity index (χ1n) is 15.4. The highest BCUT2D eigenvalue weighted by Gasteiger charge is 2.35. The van der Waals surface area contributed by atoms with Gasteiger partial charge in [0, 0.05) is 35.1 Å². The number of hydrogen-bond donors (Lipinski definition) is 1. The van der Waals surface area contributed by atoms with Gasteiger partial charge in [-0.15, -0.1) is 0 Å². The van der Waals surface area contributed by atoms with Gasteiger partial charge in [-0.05, 0) is 60.4 Å². The van der Waals surface area contributed by atoms with Gasteiger partial charge in [-0.25, -0.2) is 8.42 Å². The zero-order valence-corrected chi connectivity index (χ0v) is 28.4. The lowest BCUT2D eigenvalue weighted by Gasteiger charge is -2.34. The summed E-state index contributed by atoms with van der Waals surface area (Å²) in [5.41, 5.74) is 2.65. The smallest absolute Gasteiger partial charge is 0.264 e. The molecular weight excluding hydrogens is 641 g/mol. The maximum atomic E-state index is 14.6. The van der Waals surface area contributed by atoms with E-state index in [1.807, 2.05) is 56.3 Å². The first-order valence-corrected chi connectivity index (χ1v) is 17.6. The number of nitrogens with one attached hydrogen (secondary N) is 1. The van der Waals surface area contributed by atoms with E-state index in [4.69, 9.17) is 23.2 Å². The van der Waals surface area contributed by atoms with E-state index in [0.717, 1.165) is 34.7 Å². The van der Waals surface area contributed by atoms with E-state index >= 15 is 0 Å². The summed E-state index contributed by atoms with van der Waals surface area (Å²) in [6, 6.07) is 28.5. The average Bonchev–Trinajstić information content (AvgIpc) is 3.07. The summed E-state index contributed by atoms with van der Waals surface area (Å²) in [6.07, 6.45) is 2.62. The number of halogens is 2. The molecule has 0 saturated carbocycles. The molecule has 242 valence electrons. The number of rotatable bonds is 15. The van der Waals surface area contributed by atoms with E-state index in [9.17, 15) is 18.0 Å². The fourth-order valence-electron chi connectivity index (χ4n) is 5.06. The minimum atomic E-state index is -4.18. The van der Waals surface area contributed by atoms with Crippen LogP contribution in [0.3, 0.4) is 0 Å². The molecule has 0 aromatic heterocycles. The number of anilines is 1. The average molecular weight is 681 g/mol. The Bertz CT molecular complexity index is 1680. The van der Waals surface area contributed by atoms with E-state index in [-0.39, 0.29) is 23.8 Å². The van der Waals surface area contributed by atoms with Gasteiger partial charge in [-0.2, -0.15) is 0 Å². The lowest BCUT2D eigenvalue weighted by molar-refractivity contribution is -0.140. The summed E-state index contributed by atoms with van der Waals surface area (Å²) in [4.78, 5) is 29.9. The Morgan fingerprint density at radius 3 is 1.98 bits per heavy atom. The third kappa shape index (κ3) is 8.90. The second kappa shape index (κ2) is 16.6. The highest BCUT2D eigenvalue weighted by molar-refractivity contribution is 7.92. The van der Waals surface area contributed by atoms with Crippen LogP contribution in [-0.4, -0.2) is 44.3 Å². The van der Waals surface area contributed by atoms with Gasteiger partial charge < -0.3 is 10.2 Å². The molecule has 0 aliphatic carbocycles. The first kappa shape index (κ1) is 35.0. The van der Waals surface area contributed by atoms with Crippen molar-refractivity contribution in [2.45, 2.75) is 57.0 Å². The quantitative estimate of drug-likeness (QED) is 0.134. The Labute approximate surface area is 282 Å². The number of hydrogen-bond acceptors (Lipinski definition) is 4. The molecule has 4 aromatic rings. The minimum Gasteiger partial charge on any atom is -0.354 e. The zero-order valence-electron chi connectivity index (χ0n) is 26.0. The molecule has 0 radical (unpaired) electrons. The number of nitrogens with zero attached hydrogens (tertiary/aromatic N) is 2. The van der Waals surface area contributed by atoms with Crippen molar-refractivity contribution in [3.8, 4) is 0 Å². The van der Waals surface area contributed by atoms with Gasteiger partial charge >= 0.3 is 0 Å². The van der Waals surface area contributed by atoms with Crippen LogP contribution in [0.1, 0.15) is 43.4 Å². The van der Waals surface area contributed by atoms with Gasteiger partial charge in [-0.3, -0.25) is 13.9 Å². The van der Waals surface area contributed by atoms with E-state index < -0.39 is 28.5 Å². The van der Waals surface area contributed by atoms with Crippen LogP contribution in [0.25, 0.3) is 0 Å². The van der Waals surface area contributed by atoms with Crippen LogP contribution in [0, 0.1) is 0 Å². The Balaban J connectivity index is 1.81. The molecular formula is C36H39Cl2N3O4S. The van der Waals surface area contributed by atoms with Gasteiger partial charge in [-0.1, -0.05) is 110 Å². The third-order valence-electron chi connectivity index (χ3n) is 7.73. The molecule has 0 spiro atoms. The largest absolute Gasteiger partial charge is 0.354 e. The number of amides is 2. The molecule has 10 heteroatoms. The van der Waals surface area contributed by atoms with Crippen LogP contribution in [0.2, 0.25) is 10.0 Å². The lowest BCUT2D eigenvalue weighted by Crippen LogP contribution is -2.53. The highest BCUT2D eigenvalue weighted by Crippen LogP contribution is 2.29. The van der Waals surface area contributed by atoms with Gasteiger partial charge in [0.15, 0.2) is 0 Å². The molecule has 2 amide bonds. The number of carbonyl (C=O) groups is 2. The Morgan fingerprint density at radius 1 is 0.783 bits per heavy atom. The van der Waals surface area contributed by atoms with Crippen LogP contribution in [0.5, 0.6) is 0 Å². The van der Waals surface area contributed by atoms with E-state index in [1.54, 1.807) is 48.5 Å². The van der Waals surface area contributed by atoms with Gasteiger partial charge in [0.25, 0.3) is 10.0 Å². The second-order valence-corrected chi connectivity index (χ2v) is 13.6. The molecule has 0 aliphatic heterocycles. The van der Waals surface area contributed by atoms with Gasteiger partial charge in [0.05, 0.1) is 10.6 Å². The van der Waals surface area contributed by atoms with Gasteiger partial charge in [0.1, 0.15) is 12.6 Å². The van der Waals surface area contributed by atoms with E-state index in [1.165, 1.54) is 17.0 Å².